The Balaban J connectivity index is 2.23. The number of Topliss-reactive ketones (excluding diaryl/α,β-unsaturated/α-hetero) is 1. The van der Waals surface area contributed by atoms with Gasteiger partial charge in [0.15, 0.2) is 5.78 Å². The molecule has 20 heavy (non-hydrogen) atoms. The van der Waals surface area contributed by atoms with E-state index in [-0.39, 0.29) is 11.5 Å². The molecule has 102 valence electrons. The Morgan fingerprint density at radius 2 is 2.20 bits per heavy atom. The fraction of sp³-hybridized carbons (Fsp3) is 0.143. The lowest BCUT2D eigenvalue weighted by Gasteiger charge is -2.07. The number of hydrogen-bond acceptors (Lipinski definition) is 5. The van der Waals surface area contributed by atoms with Crippen LogP contribution in [0.5, 0.6) is 0 Å². The maximum Gasteiger partial charge on any atom is 0.293 e. The van der Waals surface area contributed by atoms with Crippen LogP contribution in [-0.4, -0.2) is 15.7 Å². The van der Waals surface area contributed by atoms with Gasteiger partial charge in [-0.05, 0) is 30.7 Å². The van der Waals surface area contributed by atoms with Crippen molar-refractivity contribution in [1.29, 1.82) is 0 Å². The summed E-state index contributed by atoms with van der Waals surface area (Å²) in [7, 11) is 0. The van der Waals surface area contributed by atoms with E-state index in [1.165, 1.54) is 13.0 Å². The quantitative estimate of drug-likeness (QED) is 0.513. The van der Waals surface area contributed by atoms with Crippen molar-refractivity contribution < 1.29 is 9.72 Å². The first-order valence-electron chi connectivity index (χ1n) is 6.00. The van der Waals surface area contributed by atoms with Gasteiger partial charge in [0.05, 0.1) is 4.92 Å². The van der Waals surface area contributed by atoms with Crippen LogP contribution in [0.1, 0.15) is 22.8 Å². The van der Waals surface area contributed by atoms with Gasteiger partial charge in [-0.25, -0.2) is 0 Å². The smallest absolute Gasteiger partial charge is 0.293 e. The molecule has 0 atom stereocenters. The minimum absolute atomic E-state index is 0.110. The SMILES string of the molecule is CC(=O)c1ccc(NCc2cccnc2)c([N+](=O)[O-])c1. The lowest BCUT2D eigenvalue weighted by molar-refractivity contribution is -0.384. The highest BCUT2D eigenvalue weighted by atomic mass is 16.6. The lowest BCUT2D eigenvalue weighted by Crippen LogP contribution is -2.04. The second-order valence-electron chi connectivity index (χ2n) is 4.26. The lowest BCUT2D eigenvalue weighted by atomic mass is 10.1. The van der Waals surface area contributed by atoms with Crippen LogP contribution in [-0.2, 0) is 6.54 Å². The average Bonchev–Trinajstić information content (AvgIpc) is 2.45. The van der Waals surface area contributed by atoms with Gasteiger partial charge in [-0.3, -0.25) is 19.9 Å². The Kier molecular flexibility index (Phi) is 4.05. The number of aromatic nitrogens is 1. The Bertz CT molecular complexity index is 641. The predicted molar refractivity (Wildman–Crippen MR) is 74.7 cm³/mol. The molecule has 1 N–H and O–H groups in total. The molecule has 0 radical (unpaired) electrons. The number of nitro benzene ring substituents is 1. The van der Waals surface area contributed by atoms with Gasteiger partial charge < -0.3 is 5.32 Å². The maximum absolute atomic E-state index is 11.3. The van der Waals surface area contributed by atoms with Crippen molar-refractivity contribution in [2.24, 2.45) is 0 Å². The van der Waals surface area contributed by atoms with Crippen LogP contribution in [0.25, 0.3) is 0 Å². The van der Waals surface area contributed by atoms with E-state index in [0.717, 1.165) is 5.56 Å². The van der Waals surface area contributed by atoms with Crippen LogP contribution in [0.2, 0.25) is 0 Å². The first kappa shape index (κ1) is 13.7. The van der Waals surface area contributed by atoms with E-state index in [1.54, 1.807) is 30.6 Å². The first-order valence-corrected chi connectivity index (χ1v) is 6.00. The van der Waals surface area contributed by atoms with Gasteiger partial charge in [0.1, 0.15) is 5.69 Å². The summed E-state index contributed by atoms with van der Waals surface area (Å²) in [5, 5.41) is 14.0. The van der Waals surface area contributed by atoms with Crippen LogP contribution >= 0.6 is 0 Å². The fourth-order valence-corrected chi connectivity index (χ4v) is 1.75. The molecule has 0 aliphatic heterocycles. The molecule has 1 heterocycles. The molecule has 0 spiro atoms. The molecule has 0 bridgehead atoms. The van der Waals surface area contributed by atoms with E-state index in [1.807, 2.05) is 6.07 Å². The normalized spacial score (nSPS) is 10.1. The standard InChI is InChI=1S/C14H13N3O3/c1-10(18)12-4-5-13(14(7-12)17(19)20)16-9-11-3-2-6-15-8-11/h2-8,16H,9H2,1H3. The molecule has 0 amide bonds. The van der Waals surface area contributed by atoms with Gasteiger partial charge in [-0.2, -0.15) is 0 Å². The van der Waals surface area contributed by atoms with Crippen molar-refractivity contribution in [3.05, 3.63) is 64.0 Å². The number of nitrogens with zero attached hydrogens (tertiary/aromatic N) is 2. The average molecular weight is 271 g/mol. The molecule has 0 aliphatic carbocycles. The number of hydrogen-bond donors (Lipinski definition) is 1. The zero-order chi connectivity index (χ0) is 14.5. The Morgan fingerprint density at radius 3 is 2.80 bits per heavy atom. The van der Waals surface area contributed by atoms with Crippen molar-refractivity contribution in [3.63, 3.8) is 0 Å². The van der Waals surface area contributed by atoms with Gasteiger partial charge in [0.25, 0.3) is 5.69 Å². The number of nitrogens with one attached hydrogen (secondary N) is 1. The zero-order valence-corrected chi connectivity index (χ0v) is 10.9. The summed E-state index contributed by atoms with van der Waals surface area (Å²) in [5.41, 5.74) is 1.51. The number of rotatable bonds is 5. The summed E-state index contributed by atoms with van der Waals surface area (Å²) in [4.78, 5) is 25.8. The Hall–Kier alpha value is -2.76. The van der Waals surface area contributed by atoms with E-state index >= 15 is 0 Å². The Labute approximate surface area is 115 Å². The van der Waals surface area contributed by atoms with Crippen LogP contribution < -0.4 is 5.32 Å². The topological polar surface area (TPSA) is 85.1 Å². The zero-order valence-electron chi connectivity index (χ0n) is 10.9. The molecule has 1 aromatic heterocycles. The Morgan fingerprint density at radius 1 is 1.40 bits per heavy atom. The number of nitro groups is 1. The molecule has 6 nitrogen and oxygen atoms in total. The minimum atomic E-state index is -0.502. The minimum Gasteiger partial charge on any atom is -0.375 e. The van der Waals surface area contributed by atoms with Crippen molar-refractivity contribution in [2.45, 2.75) is 13.5 Å². The molecule has 0 saturated carbocycles. The van der Waals surface area contributed by atoms with E-state index in [9.17, 15) is 14.9 Å². The summed E-state index contributed by atoms with van der Waals surface area (Å²) in [6.07, 6.45) is 3.34. The third-order valence-corrected chi connectivity index (χ3v) is 2.81. The second-order valence-corrected chi connectivity index (χ2v) is 4.26. The monoisotopic (exact) mass is 271 g/mol. The third-order valence-electron chi connectivity index (χ3n) is 2.81. The summed E-state index contributed by atoms with van der Waals surface area (Å²) >= 11 is 0. The predicted octanol–water partition coefficient (Wildman–Crippen LogP) is 2.80. The van der Waals surface area contributed by atoms with Crippen LogP contribution in [0.15, 0.2) is 42.7 Å². The molecular weight excluding hydrogens is 258 g/mol. The summed E-state index contributed by atoms with van der Waals surface area (Å²) in [6.45, 7) is 1.80. The summed E-state index contributed by atoms with van der Waals surface area (Å²) in [6, 6.07) is 8.07. The largest absolute Gasteiger partial charge is 0.375 e. The first-order chi connectivity index (χ1) is 9.58. The van der Waals surface area contributed by atoms with Gasteiger partial charge in [-0.1, -0.05) is 6.07 Å². The summed E-state index contributed by atoms with van der Waals surface area (Å²) < 4.78 is 0. The van der Waals surface area contributed by atoms with Gasteiger partial charge in [-0.15, -0.1) is 0 Å². The van der Waals surface area contributed by atoms with E-state index in [0.29, 0.717) is 17.8 Å². The fourth-order valence-electron chi connectivity index (χ4n) is 1.75. The highest BCUT2D eigenvalue weighted by molar-refractivity contribution is 5.95. The molecule has 0 aliphatic rings. The molecule has 2 rings (SSSR count). The van der Waals surface area contributed by atoms with Gasteiger partial charge in [0, 0.05) is 30.6 Å². The highest BCUT2D eigenvalue weighted by Crippen LogP contribution is 2.26. The van der Waals surface area contributed by atoms with Crippen LogP contribution in [0, 0.1) is 10.1 Å². The number of benzene rings is 1. The number of anilines is 1. The molecule has 2 aromatic rings. The van der Waals surface area contributed by atoms with Crippen LogP contribution in [0.4, 0.5) is 11.4 Å². The number of pyridine rings is 1. The van der Waals surface area contributed by atoms with E-state index in [4.69, 9.17) is 0 Å². The molecule has 6 heteroatoms. The maximum atomic E-state index is 11.3. The third kappa shape index (κ3) is 3.17. The summed E-state index contributed by atoms with van der Waals surface area (Å²) in [5.74, 6) is -0.202. The van der Waals surface area contributed by atoms with Crippen molar-refractivity contribution in [3.8, 4) is 0 Å². The molecule has 0 unspecified atom stereocenters. The second kappa shape index (κ2) is 5.92. The molecule has 0 saturated heterocycles. The highest BCUT2D eigenvalue weighted by Gasteiger charge is 2.15. The number of ketones is 1. The number of carbonyl (C=O) groups is 1. The molecule has 1 aromatic carbocycles. The van der Waals surface area contributed by atoms with Crippen molar-refractivity contribution in [1.82, 2.24) is 4.98 Å². The number of carbonyl (C=O) groups excluding carboxylic acids is 1. The van der Waals surface area contributed by atoms with Crippen molar-refractivity contribution >= 4 is 17.2 Å². The van der Waals surface area contributed by atoms with Gasteiger partial charge >= 0.3 is 0 Å². The molecular formula is C14H13N3O3. The van der Waals surface area contributed by atoms with Gasteiger partial charge in [0.2, 0.25) is 0 Å². The van der Waals surface area contributed by atoms with E-state index in [2.05, 4.69) is 10.3 Å². The van der Waals surface area contributed by atoms with Crippen LogP contribution in [0.3, 0.4) is 0 Å². The molecule has 0 fully saturated rings. The van der Waals surface area contributed by atoms with Crippen molar-refractivity contribution in [2.75, 3.05) is 5.32 Å². The van der Waals surface area contributed by atoms with E-state index < -0.39 is 4.92 Å².